The summed E-state index contributed by atoms with van der Waals surface area (Å²) >= 11 is 0. The Bertz CT molecular complexity index is 964. The zero-order valence-electron chi connectivity index (χ0n) is 12.8. The minimum Gasteiger partial charge on any atom is -0.471 e. The van der Waals surface area contributed by atoms with Crippen LogP contribution in [0.3, 0.4) is 0 Å². The minimum atomic E-state index is -3.99. The molecule has 2 heterocycles. The molecule has 1 fully saturated rings. The van der Waals surface area contributed by atoms with Gasteiger partial charge in [-0.25, -0.2) is 13.4 Å². The zero-order valence-corrected chi connectivity index (χ0v) is 13.6. The van der Waals surface area contributed by atoms with E-state index >= 15 is 0 Å². The van der Waals surface area contributed by atoms with Gasteiger partial charge in [0.2, 0.25) is 15.9 Å². The van der Waals surface area contributed by atoms with E-state index in [0.717, 1.165) is 10.4 Å². The fourth-order valence-corrected chi connectivity index (χ4v) is 4.03. The average molecular weight is 360 g/mol. The van der Waals surface area contributed by atoms with Crippen molar-refractivity contribution in [3.63, 3.8) is 0 Å². The van der Waals surface area contributed by atoms with Crippen LogP contribution in [0, 0.1) is 21.4 Å². The first-order valence-electron chi connectivity index (χ1n) is 7.19. The van der Waals surface area contributed by atoms with Crippen LogP contribution in [0.5, 0.6) is 5.88 Å². The molecule has 0 N–H and O–H groups in total. The lowest BCUT2D eigenvalue weighted by atomic mass is 10.2. The van der Waals surface area contributed by atoms with Gasteiger partial charge in [-0.05, 0) is 18.2 Å². The van der Waals surface area contributed by atoms with Crippen LogP contribution in [0.1, 0.15) is 5.56 Å². The summed E-state index contributed by atoms with van der Waals surface area (Å²) < 4.78 is 31.7. The Labute approximate surface area is 143 Å². The molecule has 0 radical (unpaired) electrons. The number of pyridine rings is 1. The largest absolute Gasteiger partial charge is 0.471 e. The third-order valence-corrected chi connectivity index (χ3v) is 5.54. The molecule has 10 heteroatoms. The van der Waals surface area contributed by atoms with Crippen LogP contribution in [0.2, 0.25) is 0 Å². The number of ether oxygens (including phenoxy) is 1. The molecule has 0 atom stereocenters. The fourth-order valence-electron chi connectivity index (χ4n) is 2.36. The number of hydrogen-bond donors (Lipinski definition) is 0. The number of benzene rings is 1. The number of nitro benzene ring substituents is 1. The van der Waals surface area contributed by atoms with Crippen molar-refractivity contribution in [1.82, 2.24) is 9.29 Å². The number of rotatable bonds is 5. The monoisotopic (exact) mass is 360 g/mol. The van der Waals surface area contributed by atoms with E-state index in [1.165, 1.54) is 24.4 Å². The van der Waals surface area contributed by atoms with Gasteiger partial charge >= 0.3 is 0 Å². The second kappa shape index (κ2) is 6.46. The Morgan fingerprint density at radius 2 is 2.00 bits per heavy atom. The number of nitrogens with zero attached hydrogens (tertiary/aromatic N) is 4. The van der Waals surface area contributed by atoms with Crippen LogP contribution < -0.4 is 4.74 Å². The second-order valence-corrected chi connectivity index (χ2v) is 7.16. The van der Waals surface area contributed by atoms with Crippen molar-refractivity contribution < 1.29 is 18.1 Å². The summed E-state index contributed by atoms with van der Waals surface area (Å²) in [5, 5.41) is 20.0. The molecule has 0 spiro atoms. The second-order valence-electron chi connectivity index (χ2n) is 5.25. The maximum Gasteiger partial charge on any atom is 0.289 e. The number of sulfonamides is 1. The summed E-state index contributed by atoms with van der Waals surface area (Å²) in [6, 6.07) is 10.3. The lowest BCUT2D eigenvalue weighted by molar-refractivity contribution is -0.387. The summed E-state index contributed by atoms with van der Waals surface area (Å²) in [5.74, 6) is 0.137. The first-order valence-corrected chi connectivity index (χ1v) is 8.63. The highest BCUT2D eigenvalue weighted by atomic mass is 32.2. The number of nitriles is 1. The van der Waals surface area contributed by atoms with Gasteiger partial charge < -0.3 is 4.74 Å². The van der Waals surface area contributed by atoms with E-state index in [2.05, 4.69) is 4.98 Å². The SMILES string of the molecule is N#Cc1cccnc1OC1CN(S(=O)(=O)c2ccccc2[N+](=O)[O-])C1. The van der Waals surface area contributed by atoms with E-state index in [-0.39, 0.29) is 29.4 Å². The molecule has 0 aliphatic carbocycles. The smallest absolute Gasteiger partial charge is 0.289 e. The Kier molecular flexibility index (Phi) is 4.35. The van der Waals surface area contributed by atoms with Gasteiger partial charge in [-0.3, -0.25) is 10.1 Å². The van der Waals surface area contributed by atoms with Gasteiger partial charge in [-0.1, -0.05) is 12.1 Å². The summed E-state index contributed by atoms with van der Waals surface area (Å²) in [5.41, 5.74) is -0.217. The molecule has 2 aromatic rings. The van der Waals surface area contributed by atoms with Crippen molar-refractivity contribution in [3.8, 4) is 11.9 Å². The molecule has 9 nitrogen and oxygen atoms in total. The van der Waals surface area contributed by atoms with Crippen LogP contribution in [-0.2, 0) is 10.0 Å². The first kappa shape index (κ1) is 16.8. The summed E-state index contributed by atoms with van der Waals surface area (Å²) in [4.78, 5) is 13.9. The fraction of sp³-hybridized carbons (Fsp3) is 0.200. The highest BCUT2D eigenvalue weighted by Gasteiger charge is 2.41. The van der Waals surface area contributed by atoms with E-state index in [1.807, 2.05) is 6.07 Å². The molecule has 3 rings (SSSR count). The van der Waals surface area contributed by atoms with Crippen molar-refractivity contribution in [3.05, 3.63) is 58.3 Å². The lowest BCUT2D eigenvalue weighted by Gasteiger charge is -2.37. The van der Waals surface area contributed by atoms with E-state index < -0.39 is 26.7 Å². The predicted octanol–water partition coefficient (Wildman–Crippen LogP) is 1.31. The summed E-state index contributed by atoms with van der Waals surface area (Å²) in [6.45, 7) is 0.0473. The number of nitro groups is 1. The van der Waals surface area contributed by atoms with Crippen LogP contribution in [0.4, 0.5) is 5.69 Å². The molecular formula is C15H12N4O5S. The standard InChI is InChI=1S/C15H12N4O5S/c16-8-11-4-3-7-17-15(11)24-12-9-18(10-12)25(22,23)14-6-2-1-5-13(14)19(20)21/h1-7,12H,9-10H2. The molecule has 0 bridgehead atoms. The Morgan fingerprint density at radius 1 is 1.28 bits per heavy atom. The molecule has 128 valence electrons. The quantitative estimate of drug-likeness (QED) is 0.581. The van der Waals surface area contributed by atoms with Gasteiger partial charge in [0.1, 0.15) is 17.7 Å². The number of hydrogen-bond acceptors (Lipinski definition) is 7. The average Bonchev–Trinajstić information content (AvgIpc) is 2.57. The molecule has 1 aromatic heterocycles. The third kappa shape index (κ3) is 3.15. The predicted molar refractivity (Wildman–Crippen MR) is 85.2 cm³/mol. The summed E-state index contributed by atoms with van der Waals surface area (Å²) in [7, 11) is -3.99. The van der Waals surface area contributed by atoms with Crippen molar-refractivity contribution in [2.24, 2.45) is 0 Å². The Hall–Kier alpha value is -3.03. The van der Waals surface area contributed by atoms with Crippen molar-refractivity contribution in [2.75, 3.05) is 13.1 Å². The number of para-hydroxylation sites is 1. The highest BCUT2D eigenvalue weighted by Crippen LogP contribution is 2.30. The van der Waals surface area contributed by atoms with E-state index in [9.17, 15) is 18.5 Å². The van der Waals surface area contributed by atoms with Gasteiger partial charge in [-0.15, -0.1) is 0 Å². The van der Waals surface area contributed by atoms with Crippen LogP contribution in [0.25, 0.3) is 0 Å². The highest BCUT2D eigenvalue weighted by molar-refractivity contribution is 7.89. The lowest BCUT2D eigenvalue weighted by Crippen LogP contribution is -2.56. The Balaban J connectivity index is 1.74. The van der Waals surface area contributed by atoms with Gasteiger partial charge in [0.15, 0.2) is 4.90 Å². The maximum absolute atomic E-state index is 12.6. The van der Waals surface area contributed by atoms with E-state index in [4.69, 9.17) is 10.00 Å². The first-order chi connectivity index (χ1) is 11.9. The van der Waals surface area contributed by atoms with Gasteiger partial charge in [0.05, 0.1) is 18.0 Å². The molecule has 25 heavy (non-hydrogen) atoms. The van der Waals surface area contributed by atoms with Gasteiger partial charge in [0, 0.05) is 12.3 Å². The molecule has 1 aliphatic heterocycles. The molecule has 1 aromatic carbocycles. The zero-order chi connectivity index (χ0) is 18.0. The molecule has 0 unspecified atom stereocenters. The topological polar surface area (TPSA) is 126 Å². The molecule has 1 aliphatic rings. The Morgan fingerprint density at radius 3 is 2.68 bits per heavy atom. The molecule has 0 amide bonds. The van der Waals surface area contributed by atoms with Crippen LogP contribution in [-0.4, -0.2) is 41.8 Å². The molecule has 0 saturated carbocycles. The molecular weight excluding hydrogens is 348 g/mol. The normalized spacial score (nSPS) is 15.2. The van der Waals surface area contributed by atoms with Crippen molar-refractivity contribution >= 4 is 15.7 Å². The molecule has 1 saturated heterocycles. The van der Waals surface area contributed by atoms with E-state index in [1.54, 1.807) is 12.1 Å². The van der Waals surface area contributed by atoms with Gasteiger partial charge in [-0.2, -0.15) is 9.57 Å². The maximum atomic E-state index is 12.6. The van der Waals surface area contributed by atoms with E-state index in [0.29, 0.717) is 0 Å². The number of aromatic nitrogens is 1. The third-order valence-electron chi connectivity index (χ3n) is 3.66. The van der Waals surface area contributed by atoms with Crippen molar-refractivity contribution in [2.45, 2.75) is 11.0 Å². The van der Waals surface area contributed by atoms with Gasteiger partial charge in [0.25, 0.3) is 5.69 Å². The minimum absolute atomic E-state index is 0.0236. The van der Waals surface area contributed by atoms with Crippen LogP contribution >= 0.6 is 0 Å². The summed E-state index contributed by atoms with van der Waals surface area (Å²) in [6.07, 6.45) is 0.996. The van der Waals surface area contributed by atoms with Crippen LogP contribution in [0.15, 0.2) is 47.5 Å². The van der Waals surface area contributed by atoms with Crippen molar-refractivity contribution in [1.29, 1.82) is 5.26 Å².